The first-order chi connectivity index (χ1) is 12.5. The van der Waals surface area contributed by atoms with Crippen molar-refractivity contribution in [2.75, 3.05) is 6.54 Å². The number of aryl methyl sites for hydroxylation is 2. The molecule has 0 saturated heterocycles. The maximum atomic E-state index is 12.6. The smallest absolute Gasteiger partial charge is 0.269 e. The van der Waals surface area contributed by atoms with Crippen LogP contribution in [-0.2, 0) is 22.7 Å². The molecule has 150 valence electrons. The number of nitrogens with zero attached hydrogens (tertiary/aromatic N) is 2. The largest absolute Gasteiger partial charge is 0.435 e. The molecule has 1 unspecified atom stereocenters. The van der Waals surface area contributed by atoms with Crippen molar-refractivity contribution in [3.8, 4) is 0 Å². The van der Waals surface area contributed by atoms with E-state index in [-0.39, 0.29) is 18.0 Å². The van der Waals surface area contributed by atoms with Crippen LogP contribution in [-0.4, -0.2) is 24.7 Å². The van der Waals surface area contributed by atoms with Gasteiger partial charge in [-0.15, -0.1) is 0 Å². The van der Waals surface area contributed by atoms with Gasteiger partial charge in [0.15, 0.2) is 5.69 Å². The Morgan fingerprint density at radius 3 is 2.37 bits per heavy atom. The summed E-state index contributed by atoms with van der Waals surface area (Å²) < 4.78 is 66.3. The molecule has 2 aromatic rings. The maximum absolute atomic E-state index is 12.6. The minimum Gasteiger partial charge on any atom is -0.269 e. The predicted molar refractivity (Wildman–Crippen MR) is 96.9 cm³/mol. The summed E-state index contributed by atoms with van der Waals surface area (Å²) in [6.07, 6.45) is -3.20. The van der Waals surface area contributed by atoms with E-state index in [4.69, 9.17) is 0 Å². The molecular formula is C18H24F3N3O2S. The molecule has 0 fully saturated rings. The molecule has 1 aromatic heterocycles. The lowest BCUT2D eigenvalue weighted by Crippen LogP contribution is -2.25. The zero-order valence-electron chi connectivity index (χ0n) is 15.5. The molecule has 0 radical (unpaired) electrons. The standard InChI is InChI=1S/C18H24F3N3O2S/c1-4-13(2)15-6-8-16(9-7-15)27(25,26)22-10-5-11-24-14(3)12-17(23-24)18(19,20)21/h6-9,12-13,22H,4-5,10-11H2,1-3H3. The number of hydrogen-bond acceptors (Lipinski definition) is 3. The Balaban J connectivity index is 1.92. The molecule has 1 heterocycles. The van der Waals surface area contributed by atoms with Gasteiger partial charge in [0.2, 0.25) is 10.0 Å². The van der Waals surface area contributed by atoms with Gasteiger partial charge in [-0.2, -0.15) is 18.3 Å². The highest BCUT2D eigenvalue weighted by molar-refractivity contribution is 7.89. The molecule has 1 aromatic carbocycles. The Hall–Kier alpha value is -1.87. The zero-order chi connectivity index (χ0) is 20.2. The number of alkyl halides is 3. The van der Waals surface area contributed by atoms with Gasteiger partial charge in [-0.1, -0.05) is 26.0 Å². The molecule has 0 saturated carbocycles. The van der Waals surface area contributed by atoms with Crippen molar-refractivity contribution in [1.29, 1.82) is 0 Å². The minimum atomic E-state index is -4.49. The highest BCUT2D eigenvalue weighted by Crippen LogP contribution is 2.28. The van der Waals surface area contributed by atoms with Gasteiger partial charge in [-0.25, -0.2) is 13.1 Å². The molecule has 2 rings (SSSR count). The average Bonchev–Trinajstić information content (AvgIpc) is 2.99. The number of aromatic nitrogens is 2. The Morgan fingerprint density at radius 1 is 1.22 bits per heavy atom. The molecule has 0 amide bonds. The van der Waals surface area contributed by atoms with Crippen molar-refractivity contribution < 1.29 is 21.6 Å². The monoisotopic (exact) mass is 403 g/mol. The van der Waals surface area contributed by atoms with Crippen LogP contribution in [0.5, 0.6) is 0 Å². The fraction of sp³-hybridized carbons (Fsp3) is 0.500. The highest BCUT2D eigenvalue weighted by Gasteiger charge is 2.34. The summed E-state index contributed by atoms with van der Waals surface area (Å²) in [4.78, 5) is 0.171. The summed E-state index contributed by atoms with van der Waals surface area (Å²) in [5.41, 5.74) is 0.513. The number of benzene rings is 1. The SMILES string of the molecule is CCC(C)c1ccc(S(=O)(=O)NCCCn2nc(C(F)(F)F)cc2C)cc1. The number of sulfonamides is 1. The normalized spacial score (nSPS) is 13.7. The molecule has 5 nitrogen and oxygen atoms in total. The maximum Gasteiger partial charge on any atom is 0.435 e. The summed E-state index contributed by atoms with van der Waals surface area (Å²) in [5.74, 6) is 0.355. The zero-order valence-corrected chi connectivity index (χ0v) is 16.4. The summed E-state index contributed by atoms with van der Waals surface area (Å²) in [6.45, 7) is 5.97. The van der Waals surface area contributed by atoms with E-state index >= 15 is 0 Å². The van der Waals surface area contributed by atoms with Gasteiger partial charge in [0.1, 0.15) is 0 Å². The molecule has 0 aliphatic rings. The van der Waals surface area contributed by atoms with E-state index in [9.17, 15) is 21.6 Å². The van der Waals surface area contributed by atoms with Gasteiger partial charge >= 0.3 is 6.18 Å². The first-order valence-electron chi connectivity index (χ1n) is 8.76. The van der Waals surface area contributed by atoms with Crippen molar-refractivity contribution in [2.45, 2.75) is 57.1 Å². The lowest BCUT2D eigenvalue weighted by atomic mass is 9.99. The topological polar surface area (TPSA) is 64.0 Å². The number of rotatable bonds is 8. The fourth-order valence-corrected chi connectivity index (χ4v) is 3.68. The van der Waals surface area contributed by atoms with E-state index < -0.39 is 21.9 Å². The van der Waals surface area contributed by atoms with Crippen LogP contribution >= 0.6 is 0 Å². The first kappa shape index (κ1) is 21.4. The van der Waals surface area contributed by atoms with Crippen LogP contribution in [0.4, 0.5) is 13.2 Å². The van der Waals surface area contributed by atoms with Gasteiger partial charge < -0.3 is 0 Å². The van der Waals surface area contributed by atoms with Crippen molar-refractivity contribution in [3.05, 3.63) is 47.3 Å². The Bertz CT molecular complexity index is 859. The van der Waals surface area contributed by atoms with E-state index in [2.05, 4.69) is 23.7 Å². The van der Waals surface area contributed by atoms with Crippen molar-refractivity contribution in [2.24, 2.45) is 0 Å². The quantitative estimate of drug-likeness (QED) is 0.675. The number of hydrogen-bond donors (Lipinski definition) is 1. The summed E-state index contributed by atoms with van der Waals surface area (Å²) in [7, 11) is -3.65. The fourth-order valence-electron chi connectivity index (χ4n) is 2.60. The van der Waals surface area contributed by atoms with E-state index in [1.54, 1.807) is 24.3 Å². The average molecular weight is 403 g/mol. The minimum absolute atomic E-state index is 0.107. The summed E-state index contributed by atoms with van der Waals surface area (Å²) >= 11 is 0. The second kappa shape index (κ2) is 8.43. The lowest BCUT2D eigenvalue weighted by molar-refractivity contribution is -0.141. The van der Waals surface area contributed by atoms with Crippen LogP contribution in [0.3, 0.4) is 0 Å². The van der Waals surface area contributed by atoms with Crippen LogP contribution in [0.15, 0.2) is 35.2 Å². The summed E-state index contributed by atoms with van der Waals surface area (Å²) in [6, 6.07) is 7.71. The molecule has 0 aliphatic heterocycles. The van der Waals surface area contributed by atoms with Crippen LogP contribution in [0.1, 0.15) is 49.6 Å². The van der Waals surface area contributed by atoms with Crippen LogP contribution in [0.25, 0.3) is 0 Å². The number of halogens is 3. The Labute approximate surface area is 157 Å². The first-order valence-corrected chi connectivity index (χ1v) is 10.2. The van der Waals surface area contributed by atoms with Crippen LogP contribution in [0.2, 0.25) is 0 Å². The van der Waals surface area contributed by atoms with Crippen LogP contribution < -0.4 is 4.72 Å². The predicted octanol–water partition coefficient (Wildman–Crippen LogP) is 4.09. The van der Waals surface area contributed by atoms with Gasteiger partial charge in [0.25, 0.3) is 0 Å². The second-order valence-corrected chi connectivity index (χ2v) is 8.29. The molecule has 27 heavy (non-hydrogen) atoms. The third-order valence-corrected chi connectivity index (χ3v) is 5.96. The number of nitrogens with one attached hydrogen (secondary N) is 1. The van der Waals surface area contributed by atoms with E-state index in [0.29, 0.717) is 18.0 Å². The van der Waals surface area contributed by atoms with E-state index in [1.807, 2.05) is 0 Å². The van der Waals surface area contributed by atoms with Crippen molar-refractivity contribution >= 4 is 10.0 Å². The van der Waals surface area contributed by atoms with Crippen molar-refractivity contribution in [1.82, 2.24) is 14.5 Å². The molecule has 1 N–H and O–H groups in total. The van der Waals surface area contributed by atoms with E-state index in [1.165, 1.54) is 11.6 Å². The molecule has 0 aliphatic carbocycles. The molecule has 9 heteroatoms. The van der Waals surface area contributed by atoms with Crippen LogP contribution in [0, 0.1) is 6.92 Å². The second-order valence-electron chi connectivity index (χ2n) is 6.52. The van der Waals surface area contributed by atoms with Gasteiger partial charge in [0, 0.05) is 18.8 Å². The highest BCUT2D eigenvalue weighted by atomic mass is 32.2. The van der Waals surface area contributed by atoms with Gasteiger partial charge in [-0.3, -0.25) is 4.68 Å². The van der Waals surface area contributed by atoms with Gasteiger partial charge in [-0.05, 0) is 49.4 Å². The van der Waals surface area contributed by atoms with E-state index in [0.717, 1.165) is 18.1 Å². The molecule has 1 atom stereocenters. The molecule has 0 bridgehead atoms. The molecular weight excluding hydrogens is 379 g/mol. The lowest BCUT2D eigenvalue weighted by Gasteiger charge is -2.11. The Morgan fingerprint density at radius 2 is 1.85 bits per heavy atom. The molecule has 0 spiro atoms. The van der Waals surface area contributed by atoms with Crippen molar-refractivity contribution in [3.63, 3.8) is 0 Å². The van der Waals surface area contributed by atoms with Gasteiger partial charge in [0.05, 0.1) is 4.90 Å². The third kappa shape index (κ3) is 5.55. The Kier molecular flexibility index (Phi) is 6.69. The summed E-state index contributed by atoms with van der Waals surface area (Å²) in [5, 5.41) is 3.52. The third-order valence-electron chi connectivity index (χ3n) is 4.48.